The Morgan fingerprint density at radius 1 is 1.19 bits per heavy atom. The van der Waals surface area contributed by atoms with Gasteiger partial charge >= 0.3 is 0 Å². The van der Waals surface area contributed by atoms with Crippen LogP contribution in [0.25, 0.3) is 10.9 Å². The smallest absolute Gasteiger partial charge is 0.259 e. The molecule has 0 radical (unpaired) electrons. The van der Waals surface area contributed by atoms with E-state index in [1.807, 2.05) is 25.1 Å². The number of aromatic nitrogens is 2. The Hall–Kier alpha value is -3.15. The third-order valence-corrected chi connectivity index (χ3v) is 4.10. The molecule has 0 saturated carbocycles. The van der Waals surface area contributed by atoms with Crippen LogP contribution in [0, 0.1) is 0 Å². The Bertz CT molecular complexity index is 991. The Labute approximate surface area is 151 Å². The molecule has 2 heterocycles. The number of hydrogen-bond acceptors (Lipinski definition) is 4. The monoisotopic (exact) mass is 350 g/mol. The van der Waals surface area contributed by atoms with Crippen molar-refractivity contribution in [2.45, 2.75) is 26.7 Å². The third kappa shape index (κ3) is 3.59. The van der Waals surface area contributed by atoms with Crippen molar-refractivity contribution in [3.05, 3.63) is 64.2 Å². The fourth-order valence-electron chi connectivity index (χ4n) is 2.73. The van der Waals surface area contributed by atoms with Crippen LogP contribution >= 0.6 is 0 Å². The average Bonchev–Trinajstić information content (AvgIpc) is 2.62. The summed E-state index contributed by atoms with van der Waals surface area (Å²) in [6.45, 7) is 6.59. The molecule has 2 aromatic heterocycles. The van der Waals surface area contributed by atoms with Crippen molar-refractivity contribution in [2.75, 3.05) is 11.9 Å². The van der Waals surface area contributed by atoms with Crippen LogP contribution in [0.15, 0.2) is 47.4 Å². The zero-order chi connectivity index (χ0) is 18.7. The lowest BCUT2D eigenvalue weighted by Gasteiger charge is -2.13. The van der Waals surface area contributed by atoms with Gasteiger partial charge in [0.05, 0.1) is 16.6 Å². The fourth-order valence-corrected chi connectivity index (χ4v) is 2.73. The molecule has 0 aliphatic carbocycles. The highest BCUT2D eigenvalue weighted by atomic mass is 16.1. The Morgan fingerprint density at radius 2 is 1.92 bits per heavy atom. The van der Waals surface area contributed by atoms with Gasteiger partial charge in [0, 0.05) is 29.7 Å². The Balaban J connectivity index is 2.00. The first-order valence-corrected chi connectivity index (χ1v) is 8.67. The number of anilines is 2. The lowest BCUT2D eigenvalue weighted by atomic mass is 10.1. The molecule has 134 valence electrons. The van der Waals surface area contributed by atoms with E-state index in [1.54, 1.807) is 24.4 Å². The lowest BCUT2D eigenvalue weighted by molar-refractivity contribution is 0.0956. The van der Waals surface area contributed by atoms with E-state index in [9.17, 15) is 9.59 Å². The molecule has 26 heavy (non-hydrogen) atoms. The number of rotatable bonds is 5. The molecule has 0 spiro atoms. The number of nitrogens with one attached hydrogen (secondary N) is 3. The number of hydrogen-bond donors (Lipinski definition) is 3. The summed E-state index contributed by atoms with van der Waals surface area (Å²) < 4.78 is 0. The van der Waals surface area contributed by atoms with Gasteiger partial charge in [-0.3, -0.25) is 14.6 Å². The van der Waals surface area contributed by atoms with Gasteiger partial charge in [-0.2, -0.15) is 0 Å². The van der Waals surface area contributed by atoms with Crippen molar-refractivity contribution in [3.63, 3.8) is 0 Å². The van der Waals surface area contributed by atoms with Crippen LogP contribution < -0.4 is 16.2 Å². The second-order valence-electron chi connectivity index (χ2n) is 6.38. The van der Waals surface area contributed by atoms with Gasteiger partial charge in [0.15, 0.2) is 0 Å². The van der Waals surface area contributed by atoms with E-state index >= 15 is 0 Å². The van der Waals surface area contributed by atoms with E-state index in [4.69, 9.17) is 0 Å². The summed E-state index contributed by atoms with van der Waals surface area (Å²) in [4.78, 5) is 31.4. The number of benzene rings is 1. The largest absolute Gasteiger partial charge is 0.355 e. The summed E-state index contributed by atoms with van der Waals surface area (Å²) in [5.41, 5.74) is 3.46. The summed E-state index contributed by atoms with van der Waals surface area (Å²) in [6, 6.07) is 10.9. The molecule has 6 heteroatoms. The molecule has 3 aromatic rings. The van der Waals surface area contributed by atoms with Crippen LogP contribution in [0.2, 0.25) is 0 Å². The molecule has 1 amide bonds. The number of H-pyrrole nitrogens is 1. The number of amides is 1. The molecule has 0 bridgehead atoms. The highest BCUT2D eigenvalue weighted by molar-refractivity contribution is 5.95. The summed E-state index contributed by atoms with van der Waals surface area (Å²) in [5.74, 6) is 0.131. The molecule has 1 aromatic carbocycles. The topological polar surface area (TPSA) is 86.9 Å². The van der Waals surface area contributed by atoms with E-state index in [-0.39, 0.29) is 17.4 Å². The van der Waals surface area contributed by atoms with Crippen LogP contribution in [0.4, 0.5) is 11.4 Å². The maximum Gasteiger partial charge on any atom is 0.259 e. The molecule has 0 aliphatic rings. The second-order valence-corrected chi connectivity index (χ2v) is 6.38. The molecule has 0 unspecified atom stereocenters. The minimum Gasteiger partial charge on any atom is -0.355 e. The Morgan fingerprint density at radius 3 is 2.58 bits per heavy atom. The number of carbonyl (C=O) groups is 1. The van der Waals surface area contributed by atoms with Crippen molar-refractivity contribution < 1.29 is 4.79 Å². The molecule has 6 nitrogen and oxygen atoms in total. The third-order valence-electron chi connectivity index (χ3n) is 4.10. The minimum absolute atomic E-state index is 0.105. The van der Waals surface area contributed by atoms with Crippen LogP contribution in [-0.2, 0) is 0 Å². The molecule has 0 atom stereocenters. The van der Waals surface area contributed by atoms with Crippen molar-refractivity contribution in [2.24, 2.45) is 0 Å². The second kappa shape index (κ2) is 7.39. The summed E-state index contributed by atoms with van der Waals surface area (Å²) in [5, 5.41) is 6.58. The van der Waals surface area contributed by atoms with E-state index in [0.29, 0.717) is 28.7 Å². The van der Waals surface area contributed by atoms with E-state index in [1.165, 1.54) is 0 Å². The molecule has 0 aliphatic heterocycles. The van der Waals surface area contributed by atoms with E-state index < -0.39 is 0 Å². The quantitative estimate of drug-likeness (QED) is 0.657. The van der Waals surface area contributed by atoms with Crippen LogP contribution in [0.3, 0.4) is 0 Å². The zero-order valence-electron chi connectivity index (χ0n) is 15.1. The van der Waals surface area contributed by atoms with E-state index in [0.717, 1.165) is 11.4 Å². The van der Waals surface area contributed by atoms with Crippen LogP contribution in [0.5, 0.6) is 0 Å². The maximum atomic E-state index is 12.3. The van der Waals surface area contributed by atoms with Gasteiger partial charge in [0.1, 0.15) is 0 Å². The van der Waals surface area contributed by atoms with Crippen molar-refractivity contribution in [1.82, 2.24) is 15.3 Å². The van der Waals surface area contributed by atoms with Gasteiger partial charge in [-0.15, -0.1) is 0 Å². The highest BCUT2D eigenvalue weighted by Gasteiger charge is 2.12. The average molecular weight is 350 g/mol. The normalized spacial score (nSPS) is 10.9. The van der Waals surface area contributed by atoms with Crippen molar-refractivity contribution >= 4 is 28.2 Å². The van der Waals surface area contributed by atoms with Gasteiger partial charge in [-0.25, -0.2) is 0 Å². The summed E-state index contributed by atoms with van der Waals surface area (Å²) >= 11 is 0. The van der Waals surface area contributed by atoms with Gasteiger partial charge in [-0.1, -0.05) is 13.8 Å². The first-order valence-electron chi connectivity index (χ1n) is 8.67. The van der Waals surface area contributed by atoms with Crippen LogP contribution in [0.1, 0.15) is 42.7 Å². The maximum absolute atomic E-state index is 12.3. The molecular formula is C20H22N4O2. The van der Waals surface area contributed by atoms with Gasteiger partial charge in [-0.05, 0) is 49.2 Å². The number of pyridine rings is 2. The van der Waals surface area contributed by atoms with Gasteiger partial charge < -0.3 is 15.6 Å². The Kier molecular flexibility index (Phi) is 5.02. The molecule has 0 saturated heterocycles. The molecule has 3 N–H and O–H groups in total. The molecule has 0 fully saturated rings. The number of fused-ring (bicyclic) bond motifs is 1. The number of carbonyl (C=O) groups excluding carboxylic acids is 1. The fraction of sp³-hybridized carbons (Fsp3) is 0.250. The number of nitrogens with zero attached hydrogens (tertiary/aromatic N) is 1. The van der Waals surface area contributed by atoms with Crippen LogP contribution in [-0.4, -0.2) is 22.4 Å². The number of aromatic amines is 1. The van der Waals surface area contributed by atoms with Crippen molar-refractivity contribution in [1.29, 1.82) is 0 Å². The first kappa shape index (κ1) is 17.7. The van der Waals surface area contributed by atoms with E-state index in [2.05, 4.69) is 34.4 Å². The van der Waals surface area contributed by atoms with Gasteiger partial charge in [0.25, 0.3) is 11.5 Å². The predicted molar refractivity (Wildman–Crippen MR) is 104 cm³/mol. The zero-order valence-corrected chi connectivity index (χ0v) is 15.1. The SMILES string of the molecule is CCNC(=O)c1ccc(Nc2cc(C(C)C)nc3cc[nH]c(=O)c23)cc1. The first-order chi connectivity index (χ1) is 12.5. The minimum atomic E-state index is -0.188. The standard InChI is InChI=1S/C20H22N4O2/c1-4-21-19(25)13-5-7-14(8-6-13)23-17-11-16(12(2)3)24-15-9-10-22-20(26)18(15)17/h5-12H,4H2,1-3H3,(H,21,25)(H,22,26)(H,23,24). The lowest BCUT2D eigenvalue weighted by Crippen LogP contribution is -2.22. The molecular weight excluding hydrogens is 328 g/mol. The summed E-state index contributed by atoms with van der Waals surface area (Å²) in [6.07, 6.45) is 1.60. The highest BCUT2D eigenvalue weighted by Crippen LogP contribution is 2.26. The molecule has 3 rings (SSSR count). The van der Waals surface area contributed by atoms with Crippen molar-refractivity contribution in [3.8, 4) is 0 Å². The van der Waals surface area contributed by atoms with Gasteiger partial charge in [0.2, 0.25) is 0 Å². The predicted octanol–water partition coefficient (Wildman–Crippen LogP) is 3.54. The summed E-state index contributed by atoms with van der Waals surface area (Å²) in [7, 11) is 0.